The minimum absolute atomic E-state index is 0.307. The normalized spacial score (nSPS) is 10.8. The Morgan fingerprint density at radius 1 is 1.07 bits per heavy atom. The molecule has 0 aliphatic heterocycles. The fourth-order valence-electron chi connectivity index (χ4n) is 2.28. The van der Waals surface area contributed by atoms with Gasteiger partial charge in [0.1, 0.15) is 12.4 Å². The van der Waals surface area contributed by atoms with Crippen LogP contribution in [0.1, 0.15) is 11.1 Å². The molecule has 0 amide bonds. The summed E-state index contributed by atoms with van der Waals surface area (Å²) in [6, 6.07) is 16.4. The van der Waals surface area contributed by atoms with Gasteiger partial charge in [-0.15, -0.1) is 0 Å². The summed E-state index contributed by atoms with van der Waals surface area (Å²) in [4.78, 5) is 4.13. The van der Waals surface area contributed by atoms with Crippen LogP contribution in [0, 0.1) is 0 Å². The van der Waals surface area contributed by atoms with Crippen LogP contribution in [0.4, 0.5) is 5.82 Å². The number of hydrogen-bond donors (Lipinski definition) is 1. The summed E-state index contributed by atoms with van der Waals surface area (Å²) in [5.41, 5.74) is 4.56. The number of nitrogens with one attached hydrogen (secondary N) is 1. The molecule has 5 nitrogen and oxygen atoms in total. The third-order valence-electron chi connectivity index (χ3n) is 3.64. The lowest BCUT2D eigenvalue weighted by Crippen LogP contribution is -1.99. The Hall–Kier alpha value is -2.76. The summed E-state index contributed by atoms with van der Waals surface area (Å²) in [5, 5.41) is 5.31. The second kappa shape index (κ2) is 9.26. The van der Waals surface area contributed by atoms with Crippen LogP contribution in [-0.4, -0.2) is 18.3 Å². The van der Waals surface area contributed by atoms with Crippen LogP contribution >= 0.6 is 23.2 Å². The second-order valence-electron chi connectivity index (χ2n) is 5.52. The van der Waals surface area contributed by atoms with Crippen molar-refractivity contribution in [1.82, 2.24) is 4.98 Å². The lowest BCUT2D eigenvalue weighted by molar-refractivity contribution is 0.284. The zero-order valence-corrected chi connectivity index (χ0v) is 16.0. The molecule has 1 N–H and O–H groups in total. The third-order valence-corrected chi connectivity index (χ3v) is 4.23. The molecule has 0 bridgehead atoms. The SMILES string of the molecule is COc1cc(/C=N/Nc2ccccn2)ccc1OCc1ccc(Cl)cc1Cl. The van der Waals surface area contributed by atoms with Gasteiger partial charge in [0.2, 0.25) is 0 Å². The van der Waals surface area contributed by atoms with E-state index in [0.29, 0.717) is 34.0 Å². The topological polar surface area (TPSA) is 55.7 Å². The van der Waals surface area contributed by atoms with Crippen LogP contribution in [0.15, 0.2) is 65.9 Å². The van der Waals surface area contributed by atoms with Gasteiger partial charge in [0, 0.05) is 21.8 Å². The van der Waals surface area contributed by atoms with Gasteiger partial charge in [-0.25, -0.2) is 4.98 Å². The van der Waals surface area contributed by atoms with Crippen LogP contribution in [0.2, 0.25) is 10.0 Å². The van der Waals surface area contributed by atoms with E-state index in [1.54, 1.807) is 31.7 Å². The standard InChI is InChI=1S/C20H17Cl2N3O2/c1-26-19-10-14(12-24-25-20-4-2-3-9-23-20)5-8-18(19)27-13-15-6-7-16(21)11-17(15)22/h2-12H,13H2,1H3,(H,23,25)/b24-12+. The van der Waals surface area contributed by atoms with E-state index in [1.807, 2.05) is 42.5 Å². The van der Waals surface area contributed by atoms with Gasteiger partial charge in [-0.1, -0.05) is 35.3 Å². The maximum absolute atomic E-state index is 6.18. The average Bonchev–Trinajstić information content (AvgIpc) is 2.68. The van der Waals surface area contributed by atoms with Crippen molar-refractivity contribution < 1.29 is 9.47 Å². The Balaban J connectivity index is 1.66. The van der Waals surface area contributed by atoms with E-state index in [2.05, 4.69) is 15.5 Å². The summed E-state index contributed by atoms with van der Waals surface area (Å²) in [5.74, 6) is 1.88. The van der Waals surface area contributed by atoms with Gasteiger partial charge in [0.05, 0.1) is 13.3 Å². The van der Waals surface area contributed by atoms with E-state index in [9.17, 15) is 0 Å². The van der Waals surface area contributed by atoms with Crippen LogP contribution in [0.3, 0.4) is 0 Å². The lowest BCUT2D eigenvalue weighted by Gasteiger charge is -2.12. The highest BCUT2D eigenvalue weighted by molar-refractivity contribution is 6.35. The minimum atomic E-state index is 0.307. The molecule has 0 atom stereocenters. The number of benzene rings is 2. The first-order valence-corrected chi connectivity index (χ1v) is 8.86. The van der Waals surface area contributed by atoms with Crippen molar-refractivity contribution >= 4 is 35.2 Å². The van der Waals surface area contributed by atoms with Gasteiger partial charge in [-0.2, -0.15) is 5.10 Å². The van der Waals surface area contributed by atoms with Crippen LogP contribution < -0.4 is 14.9 Å². The average molecular weight is 402 g/mol. The number of halogens is 2. The van der Waals surface area contributed by atoms with E-state index in [-0.39, 0.29) is 0 Å². The predicted molar refractivity (Wildman–Crippen MR) is 109 cm³/mol. The van der Waals surface area contributed by atoms with Gasteiger partial charge >= 0.3 is 0 Å². The van der Waals surface area contributed by atoms with Crippen LogP contribution in [0.25, 0.3) is 0 Å². The Morgan fingerprint density at radius 3 is 2.70 bits per heavy atom. The molecule has 1 heterocycles. The van der Waals surface area contributed by atoms with Crippen molar-refractivity contribution in [3.05, 3.63) is 82.0 Å². The van der Waals surface area contributed by atoms with Gasteiger partial charge in [-0.05, 0) is 48.0 Å². The molecule has 7 heteroatoms. The van der Waals surface area contributed by atoms with Crippen molar-refractivity contribution in [3.8, 4) is 11.5 Å². The number of ether oxygens (including phenoxy) is 2. The van der Waals surface area contributed by atoms with E-state index >= 15 is 0 Å². The predicted octanol–water partition coefficient (Wildman–Crippen LogP) is 5.42. The monoisotopic (exact) mass is 401 g/mol. The Kier molecular flexibility index (Phi) is 6.52. The zero-order valence-electron chi connectivity index (χ0n) is 14.5. The molecule has 0 fully saturated rings. The fourth-order valence-corrected chi connectivity index (χ4v) is 2.74. The second-order valence-corrected chi connectivity index (χ2v) is 6.36. The summed E-state index contributed by atoms with van der Waals surface area (Å²) < 4.78 is 11.3. The Morgan fingerprint density at radius 2 is 1.96 bits per heavy atom. The van der Waals surface area contributed by atoms with Crippen molar-refractivity contribution in [1.29, 1.82) is 0 Å². The largest absolute Gasteiger partial charge is 0.493 e. The highest BCUT2D eigenvalue weighted by Gasteiger charge is 2.08. The third kappa shape index (κ3) is 5.36. The molecule has 27 heavy (non-hydrogen) atoms. The highest BCUT2D eigenvalue weighted by atomic mass is 35.5. The van der Waals surface area contributed by atoms with Gasteiger partial charge in [-0.3, -0.25) is 5.43 Å². The zero-order chi connectivity index (χ0) is 19.1. The van der Waals surface area contributed by atoms with Crippen molar-refractivity contribution in [2.45, 2.75) is 6.61 Å². The molecule has 3 rings (SSSR count). The molecular weight excluding hydrogens is 385 g/mol. The van der Waals surface area contributed by atoms with E-state index < -0.39 is 0 Å². The number of hydrogen-bond acceptors (Lipinski definition) is 5. The van der Waals surface area contributed by atoms with Gasteiger partial charge < -0.3 is 9.47 Å². The van der Waals surface area contributed by atoms with Crippen LogP contribution in [0.5, 0.6) is 11.5 Å². The molecule has 0 spiro atoms. The summed E-state index contributed by atoms with van der Waals surface area (Å²) in [6.07, 6.45) is 3.37. The highest BCUT2D eigenvalue weighted by Crippen LogP contribution is 2.29. The molecule has 3 aromatic rings. The molecule has 0 saturated carbocycles. The number of pyridine rings is 1. The maximum atomic E-state index is 6.18. The molecule has 0 aliphatic carbocycles. The first kappa shape index (κ1) is 19.0. The minimum Gasteiger partial charge on any atom is -0.493 e. The van der Waals surface area contributed by atoms with E-state index in [0.717, 1.165) is 11.1 Å². The number of nitrogens with zero attached hydrogens (tertiary/aromatic N) is 2. The molecule has 0 unspecified atom stereocenters. The van der Waals surface area contributed by atoms with Crippen molar-refractivity contribution in [2.75, 3.05) is 12.5 Å². The van der Waals surface area contributed by atoms with E-state index in [4.69, 9.17) is 32.7 Å². The van der Waals surface area contributed by atoms with Gasteiger partial charge in [0.25, 0.3) is 0 Å². The number of hydrazone groups is 1. The Labute approximate surface area is 167 Å². The number of methoxy groups -OCH3 is 1. The summed E-state index contributed by atoms with van der Waals surface area (Å²) in [6.45, 7) is 0.307. The Bertz CT molecular complexity index is 934. The summed E-state index contributed by atoms with van der Waals surface area (Å²) >= 11 is 12.1. The maximum Gasteiger partial charge on any atom is 0.161 e. The summed E-state index contributed by atoms with van der Waals surface area (Å²) in [7, 11) is 1.59. The van der Waals surface area contributed by atoms with Crippen molar-refractivity contribution in [2.24, 2.45) is 5.10 Å². The van der Waals surface area contributed by atoms with Crippen LogP contribution in [-0.2, 0) is 6.61 Å². The number of aromatic nitrogens is 1. The number of anilines is 1. The molecule has 0 aliphatic rings. The number of rotatable bonds is 7. The van der Waals surface area contributed by atoms with Gasteiger partial charge in [0.15, 0.2) is 11.5 Å². The smallest absolute Gasteiger partial charge is 0.161 e. The molecule has 1 aromatic heterocycles. The fraction of sp³-hybridized carbons (Fsp3) is 0.100. The molecular formula is C20H17Cl2N3O2. The molecule has 138 valence electrons. The molecule has 2 aromatic carbocycles. The lowest BCUT2D eigenvalue weighted by atomic mass is 10.2. The van der Waals surface area contributed by atoms with Crippen molar-refractivity contribution in [3.63, 3.8) is 0 Å². The first-order chi connectivity index (χ1) is 13.2. The quantitative estimate of drug-likeness (QED) is 0.424. The molecule has 0 saturated heterocycles. The first-order valence-electron chi connectivity index (χ1n) is 8.10. The molecule has 0 radical (unpaired) electrons. The van der Waals surface area contributed by atoms with E-state index in [1.165, 1.54) is 0 Å².